The van der Waals surface area contributed by atoms with Crippen LogP contribution in [0.5, 0.6) is 0 Å². The molecule has 0 radical (unpaired) electrons. The first kappa shape index (κ1) is 15.3. The SMILES string of the molecule is Cc1ccc(CN2CCn3nc(CNS(C)(=O)=O)cc3C2)o1. The van der Waals surface area contributed by atoms with Gasteiger partial charge in [-0.25, -0.2) is 13.1 Å². The zero-order valence-electron chi connectivity index (χ0n) is 12.7. The summed E-state index contributed by atoms with van der Waals surface area (Å²) in [7, 11) is -3.19. The molecule has 1 aliphatic heterocycles. The maximum atomic E-state index is 11.1. The van der Waals surface area contributed by atoms with E-state index in [4.69, 9.17) is 4.42 Å². The van der Waals surface area contributed by atoms with Gasteiger partial charge in [-0.2, -0.15) is 5.10 Å². The molecule has 2 aromatic heterocycles. The number of rotatable bonds is 5. The lowest BCUT2D eigenvalue weighted by molar-refractivity contribution is 0.190. The number of sulfonamides is 1. The van der Waals surface area contributed by atoms with E-state index in [1.54, 1.807) is 0 Å². The van der Waals surface area contributed by atoms with Crippen LogP contribution in [-0.4, -0.2) is 35.9 Å². The van der Waals surface area contributed by atoms with Crippen molar-refractivity contribution in [3.8, 4) is 0 Å². The topological polar surface area (TPSA) is 80.4 Å². The summed E-state index contributed by atoms with van der Waals surface area (Å²) >= 11 is 0. The van der Waals surface area contributed by atoms with Crippen LogP contribution < -0.4 is 4.72 Å². The van der Waals surface area contributed by atoms with Crippen molar-refractivity contribution in [2.75, 3.05) is 12.8 Å². The van der Waals surface area contributed by atoms with E-state index < -0.39 is 10.0 Å². The molecule has 22 heavy (non-hydrogen) atoms. The molecule has 0 unspecified atom stereocenters. The van der Waals surface area contributed by atoms with Gasteiger partial charge < -0.3 is 4.42 Å². The molecule has 0 bridgehead atoms. The van der Waals surface area contributed by atoms with Crippen LogP contribution in [0.3, 0.4) is 0 Å². The predicted octanol–water partition coefficient (Wildman–Crippen LogP) is 0.850. The highest BCUT2D eigenvalue weighted by Gasteiger charge is 2.19. The van der Waals surface area contributed by atoms with Gasteiger partial charge in [0.05, 0.1) is 37.3 Å². The van der Waals surface area contributed by atoms with Crippen LogP contribution in [0.15, 0.2) is 22.6 Å². The predicted molar refractivity (Wildman–Crippen MR) is 81.5 cm³/mol. The van der Waals surface area contributed by atoms with Gasteiger partial charge in [0.2, 0.25) is 10.0 Å². The van der Waals surface area contributed by atoms with Gasteiger partial charge >= 0.3 is 0 Å². The Morgan fingerprint density at radius 3 is 2.86 bits per heavy atom. The second-order valence-corrected chi connectivity index (χ2v) is 7.50. The molecule has 0 fully saturated rings. The zero-order valence-corrected chi connectivity index (χ0v) is 13.6. The third kappa shape index (κ3) is 3.76. The Morgan fingerprint density at radius 1 is 1.36 bits per heavy atom. The van der Waals surface area contributed by atoms with Crippen LogP contribution in [0, 0.1) is 6.92 Å². The summed E-state index contributed by atoms with van der Waals surface area (Å²) in [5, 5.41) is 4.44. The standard InChI is InChI=1S/C14H20N4O3S/c1-11-3-4-14(21-11)10-17-5-6-18-13(9-17)7-12(16-18)8-15-22(2,19)20/h3-4,7,15H,5-6,8-10H2,1-2H3. The summed E-state index contributed by atoms with van der Waals surface area (Å²) in [5.41, 5.74) is 1.84. The van der Waals surface area contributed by atoms with Crippen molar-refractivity contribution in [1.29, 1.82) is 0 Å². The summed E-state index contributed by atoms with van der Waals surface area (Å²) < 4.78 is 32.3. The highest BCUT2D eigenvalue weighted by Crippen LogP contribution is 2.17. The number of aryl methyl sites for hydroxylation is 1. The molecule has 3 heterocycles. The van der Waals surface area contributed by atoms with Crippen molar-refractivity contribution < 1.29 is 12.8 Å². The van der Waals surface area contributed by atoms with E-state index in [-0.39, 0.29) is 6.54 Å². The third-order valence-corrected chi connectivity index (χ3v) is 4.29. The molecule has 0 spiro atoms. The van der Waals surface area contributed by atoms with Crippen LogP contribution >= 0.6 is 0 Å². The highest BCUT2D eigenvalue weighted by atomic mass is 32.2. The molecule has 0 saturated carbocycles. The minimum atomic E-state index is -3.19. The van der Waals surface area contributed by atoms with E-state index in [9.17, 15) is 8.42 Å². The van der Waals surface area contributed by atoms with Crippen LogP contribution in [-0.2, 0) is 36.2 Å². The first-order valence-corrected chi connectivity index (χ1v) is 9.06. The van der Waals surface area contributed by atoms with E-state index in [1.807, 2.05) is 29.8 Å². The number of nitrogens with one attached hydrogen (secondary N) is 1. The average molecular weight is 324 g/mol. The minimum Gasteiger partial charge on any atom is -0.465 e. The first-order chi connectivity index (χ1) is 10.4. The molecule has 3 rings (SSSR count). The van der Waals surface area contributed by atoms with Gasteiger partial charge in [-0.1, -0.05) is 0 Å². The van der Waals surface area contributed by atoms with Crippen molar-refractivity contribution in [1.82, 2.24) is 19.4 Å². The fraction of sp³-hybridized carbons (Fsp3) is 0.500. The molecule has 0 atom stereocenters. The maximum Gasteiger partial charge on any atom is 0.209 e. The lowest BCUT2D eigenvalue weighted by atomic mass is 10.2. The molecular formula is C14H20N4O3S. The van der Waals surface area contributed by atoms with Crippen molar-refractivity contribution in [2.45, 2.75) is 33.1 Å². The fourth-order valence-electron chi connectivity index (χ4n) is 2.60. The lowest BCUT2D eigenvalue weighted by Crippen LogP contribution is -2.33. The maximum absolute atomic E-state index is 11.1. The number of fused-ring (bicyclic) bond motifs is 1. The molecule has 120 valence electrons. The minimum absolute atomic E-state index is 0.232. The Labute approximate surface area is 130 Å². The van der Waals surface area contributed by atoms with Gasteiger partial charge in [-0.3, -0.25) is 9.58 Å². The molecule has 1 aliphatic rings. The molecule has 8 heteroatoms. The summed E-state index contributed by atoms with van der Waals surface area (Å²) in [6.45, 7) is 5.43. The average Bonchev–Trinajstić information content (AvgIpc) is 3.01. The van der Waals surface area contributed by atoms with E-state index >= 15 is 0 Å². The normalized spacial score (nSPS) is 15.9. The van der Waals surface area contributed by atoms with Gasteiger partial charge in [-0.15, -0.1) is 0 Å². The van der Waals surface area contributed by atoms with Crippen LogP contribution in [0.4, 0.5) is 0 Å². The molecular weight excluding hydrogens is 304 g/mol. The molecule has 7 nitrogen and oxygen atoms in total. The Kier molecular flexibility index (Phi) is 4.07. The smallest absolute Gasteiger partial charge is 0.209 e. The van der Waals surface area contributed by atoms with E-state index in [0.717, 1.165) is 55.3 Å². The van der Waals surface area contributed by atoms with Gasteiger partial charge in [0.15, 0.2) is 0 Å². The zero-order chi connectivity index (χ0) is 15.7. The number of nitrogens with zero attached hydrogens (tertiary/aromatic N) is 3. The van der Waals surface area contributed by atoms with Crippen LogP contribution in [0.1, 0.15) is 22.9 Å². The Balaban J connectivity index is 1.64. The monoisotopic (exact) mass is 324 g/mol. The largest absolute Gasteiger partial charge is 0.465 e. The molecule has 0 amide bonds. The number of furan rings is 1. The number of aromatic nitrogens is 2. The molecule has 0 aliphatic carbocycles. The number of hydrogen-bond acceptors (Lipinski definition) is 5. The van der Waals surface area contributed by atoms with Crippen molar-refractivity contribution in [2.24, 2.45) is 0 Å². The van der Waals surface area contributed by atoms with Crippen molar-refractivity contribution in [3.63, 3.8) is 0 Å². The highest BCUT2D eigenvalue weighted by molar-refractivity contribution is 7.88. The van der Waals surface area contributed by atoms with Gasteiger partial charge in [0.25, 0.3) is 0 Å². The van der Waals surface area contributed by atoms with E-state index in [1.165, 1.54) is 0 Å². The van der Waals surface area contributed by atoms with E-state index in [0.29, 0.717) is 0 Å². The van der Waals surface area contributed by atoms with Gasteiger partial charge in [0, 0.05) is 13.1 Å². The summed E-state index contributed by atoms with van der Waals surface area (Å²) in [6, 6.07) is 5.93. The van der Waals surface area contributed by atoms with Crippen molar-refractivity contribution >= 4 is 10.0 Å². The molecule has 1 N–H and O–H groups in total. The quantitative estimate of drug-likeness (QED) is 0.882. The lowest BCUT2D eigenvalue weighted by Gasteiger charge is -2.26. The molecule has 2 aromatic rings. The Hall–Kier alpha value is -1.64. The summed E-state index contributed by atoms with van der Waals surface area (Å²) in [4.78, 5) is 2.29. The van der Waals surface area contributed by atoms with Crippen LogP contribution in [0.2, 0.25) is 0 Å². The van der Waals surface area contributed by atoms with E-state index in [2.05, 4.69) is 14.7 Å². The molecule has 0 aromatic carbocycles. The van der Waals surface area contributed by atoms with Gasteiger partial charge in [-0.05, 0) is 25.1 Å². The molecule has 0 saturated heterocycles. The van der Waals surface area contributed by atoms with Crippen LogP contribution in [0.25, 0.3) is 0 Å². The second-order valence-electron chi connectivity index (χ2n) is 5.67. The number of hydrogen-bond donors (Lipinski definition) is 1. The fourth-order valence-corrected chi connectivity index (χ4v) is 3.01. The first-order valence-electron chi connectivity index (χ1n) is 7.17. The Morgan fingerprint density at radius 2 is 2.18 bits per heavy atom. The summed E-state index contributed by atoms with van der Waals surface area (Å²) in [6.07, 6.45) is 1.15. The second kappa shape index (κ2) is 5.86. The van der Waals surface area contributed by atoms with Gasteiger partial charge in [0.1, 0.15) is 11.5 Å². The Bertz CT molecular complexity index is 763. The summed E-state index contributed by atoms with van der Waals surface area (Å²) in [5.74, 6) is 1.88. The van der Waals surface area contributed by atoms with Crippen molar-refractivity contribution in [3.05, 3.63) is 41.1 Å². The third-order valence-electron chi connectivity index (χ3n) is 3.62.